The van der Waals surface area contributed by atoms with Crippen molar-refractivity contribution >= 4 is 27.3 Å². The third-order valence-electron chi connectivity index (χ3n) is 2.88. The fraction of sp³-hybridized carbons (Fsp3) is 0.143. The number of halogens is 2. The third kappa shape index (κ3) is 2.94. The van der Waals surface area contributed by atoms with Crippen molar-refractivity contribution in [1.82, 2.24) is 0 Å². The van der Waals surface area contributed by atoms with Crippen molar-refractivity contribution in [2.24, 2.45) is 0 Å². The average Bonchev–Trinajstić information content (AvgIpc) is 2.46. The summed E-state index contributed by atoms with van der Waals surface area (Å²) >= 11 is 5.71. The minimum absolute atomic E-state index is 0.127. The van der Waals surface area contributed by atoms with Crippen molar-refractivity contribution in [2.45, 2.75) is 10.8 Å². The molecule has 0 unspecified atom stereocenters. The van der Waals surface area contributed by atoms with Gasteiger partial charge in [0.25, 0.3) is 10.0 Å². The molecule has 6 heteroatoms. The lowest BCUT2D eigenvalue weighted by Crippen LogP contribution is -2.26. The molecule has 0 aliphatic rings. The molecule has 0 saturated carbocycles. The number of sulfonamides is 1. The Morgan fingerprint density at radius 3 is 2.50 bits per heavy atom. The van der Waals surface area contributed by atoms with E-state index in [0.29, 0.717) is 5.56 Å². The molecule has 0 bridgehead atoms. The zero-order valence-corrected chi connectivity index (χ0v) is 12.3. The third-order valence-corrected chi connectivity index (χ3v) is 4.97. The number of hydrogen-bond donors (Lipinski definition) is 0. The van der Waals surface area contributed by atoms with Gasteiger partial charge < -0.3 is 0 Å². The highest BCUT2D eigenvalue weighted by molar-refractivity contribution is 7.92. The van der Waals surface area contributed by atoms with Gasteiger partial charge >= 0.3 is 0 Å². The maximum absolute atomic E-state index is 13.2. The first-order valence-electron chi connectivity index (χ1n) is 5.84. The lowest BCUT2D eigenvalue weighted by atomic mass is 10.2. The predicted molar refractivity (Wildman–Crippen MR) is 78.0 cm³/mol. The van der Waals surface area contributed by atoms with Crippen molar-refractivity contribution in [2.75, 3.05) is 11.4 Å². The molecule has 0 spiro atoms. The predicted octanol–water partition coefficient (Wildman–Crippen LogP) is 3.39. The molecule has 20 heavy (non-hydrogen) atoms. The number of hydrogen-bond acceptors (Lipinski definition) is 2. The lowest BCUT2D eigenvalue weighted by molar-refractivity contribution is 0.594. The van der Waals surface area contributed by atoms with Gasteiger partial charge in [-0.05, 0) is 35.9 Å². The van der Waals surface area contributed by atoms with Gasteiger partial charge in [0.1, 0.15) is 5.82 Å². The zero-order valence-electron chi connectivity index (χ0n) is 10.8. The summed E-state index contributed by atoms with van der Waals surface area (Å²) in [4.78, 5) is 0.127. The van der Waals surface area contributed by atoms with E-state index in [0.717, 1.165) is 4.31 Å². The quantitative estimate of drug-likeness (QED) is 0.811. The smallest absolute Gasteiger partial charge is 0.264 e. The highest BCUT2D eigenvalue weighted by Gasteiger charge is 2.21. The van der Waals surface area contributed by atoms with Crippen LogP contribution in [0.2, 0.25) is 0 Å². The summed E-state index contributed by atoms with van der Waals surface area (Å²) in [6.45, 7) is 0. The molecule has 0 amide bonds. The Morgan fingerprint density at radius 1 is 1.15 bits per heavy atom. The average molecular weight is 314 g/mol. The van der Waals surface area contributed by atoms with Gasteiger partial charge in [-0.3, -0.25) is 4.31 Å². The molecule has 0 fully saturated rings. The molecular formula is C14H13ClFNO2S. The first-order valence-corrected chi connectivity index (χ1v) is 7.82. The number of anilines is 1. The van der Waals surface area contributed by atoms with E-state index >= 15 is 0 Å². The molecule has 0 heterocycles. The molecule has 106 valence electrons. The van der Waals surface area contributed by atoms with Crippen molar-refractivity contribution in [3.63, 3.8) is 0 Å². The van der Waals surface area contributed by atoms with Crippen LogP contribution in [-0.4, -0.2) is 15.5 Å². The van der Waals surface area contributed by atoms with Crippen LogP contribution in [0.15, 0.2) is 53.4 Å². The Morgan fingerprint density at radius 2 is 1.85 bits per heavy atom. The van der Waals surface area contributed by atoms with Crippen LogP contribution in [-0.2, 0) is 15.9 Å². The topological polar surface area (TPSA) is 37.4 Å². The molecule has 0 atom stereocenters. The Bertz CT molecular complexity index is 719. The van der Waals surface area contributed by atoms with E-state index in [1.54, 1.807) is 12.1 Å². The van der Waals surface area contributed by atoms with E-state index in [1.807, 2.05) is 0 Å². The molecule has 0 aromatic heterocycles. The van der Waals surface area contributed by atoms with Crippen LogP contribution in [0.3, 0.4) is 0 Å². The molecule has 3 nitrogen and oxygen atoms in total. The minimum Gasteiger partial charge on any atom is -0.269 e. The summed E-state index contributed by atoms with van der Waals surface area (Å²) < 4.78 is 39.2. The fourth-order valence-electron chi connectivity index (χ4n) is 1.76. The Labute approximate surface area is 122 Å². The standard InChI is InChI=1S/C14H13ClFNO2S/c1-17(13-6-3-5-12(16)9-13)20(18,19)14-7-2-4-11(8-14)10-15/h2-9H,10H2,1H3. The molecule has 2 rings (SSSR count). The van der Waals surface area contributed by atoms with Gasteiger partial charge in [0.15, 0.2) is 0 Å². The molecule has 2 aromatic carbocycles. The largest absolute Gasteiger partial charge is 0.269 e. The van der Waals surface area contributed by atoms with Crippen LogP contribution in [0.1, 0.15) is 5.56 Å². The van der Waals surface area contributed by atoms with Crippen molar-refractivity contribution in [3.8, 4) is 0 Å². The normalized spacial score (nSPS) is 11.3. The number of alkyl halides is 1. The van der Waals surface area contributed by atoms with Crippen LogP contribution in [0.4, 0.5) is 10.1 Å². The van der Waals surface area contributed by atoms with Crippen LogP contribution < -0.4 is 4.31 Å². The first kappa shape index (κ1) is 14.8. The van der Waals surface area contributed by atoms with E-state index in [2.05, 4.69) is 0 Å². The second kappa shape index (κ2) is 5.81. The Hall–Kier alpha value is -1.59. The molecule has 0 radical (unpaired) electrons. The maximum atomic E-state index is 13.2. The van der Waals surface area contributed by atoms with Gasteiger partial charge in [0, 0.05) is 12.9 Å². The number of benzene rings is 2. The summed E-state index contributed by atoms with van der Waals surface area (Å²) in [5.74, 6) is -0.258. The summed E-state index contributed by atoms with van der Waals surface area (Å²) in [5, 5.41) is 0. The van der Waals surface area contributed by atoms with Crippen molar-refractivity contribution in [1.29, 1.82) is 0 Å². The Balaban J connectivity index is 2.43. The summed E-state index contributed by atoms with van der Waals surface area (Å²) in [5.41, 5.74) is 0.974. The van der Waals surface area contributed by atoms with Crippen LogP contribution in [0, 0.1) is 5.82 Å². The van der Waals surface area contributed by atoms with E-state index < -0.39 is 15.8 Å². The molecule has 0 N–H and O–H groups in total. The number of nitrogens with zero attached hydrogens (tertiary/aromatic N) is 1. The van der Waals surface area contributed by atoms with Gasteiger partial charge in [-0.1, -0.05) is 18.2 Å². The maximum Gasteiger partial charge on any atom is 0.264 e. The second-order valence-electron chi connectivity index (χ2n) is 4.23. The monoisotopic (exact) mass is 313 g/mol. The van der Waals surface area contributed by atoms with E-state index in [4.69, 9.17) is 11.6 Å². The van der Waals surface area contributed by atoms with Crippen LogP contribution in [0.25, 0.3) is 0 Å². The Kier molecular flexibility index (Phi) is 4.30. The molecule has 2 aromatic rings. The lowest BCUT2D eigenvalue weighted by Gasteiger charge is -2.19. The SMILES string of the molecule is CN(c1cccc(F)c1)S(=O)(=O)c1cccc(CCl)c1. The van der Waals surface area contributed by atoms with Gasteiger partial charge in [-0.2, -0.15) is 0 Å². The second-order valence-corrected chi connectivity index (χ2v) is 6.47. The van der Waals surface area contributed by atoms with Crippen LogP contribution in [0.5, 0.6) is 0 Å². The van der Waals surface area contributed by atoms with Gasteiger partial charge in [-0.25, -0.2) is 12.8 Å². The minimum atomic E-state index is -3.73. The molecule has 0 aliphatic heterocycles. The summed E-state index contributed by atoms with van der Waals surface area (Å²) in [6.07, 6.45) is 0. The van der Waals surface area contributed by atoms with E-state index in [-0.39, 0.29) is 16.5 Å². The number of rotatable bonds is 4. The molecule has 0 aliphatic carbocycles. The van der Waals surface area contributed by atoms with Crippen molar-refractivity contribution < 1.29 is 12.8 Å². The van der Waals surface area contributed by atoms with Gasteiger partial charge in [0.2, 0.25) is 0 Å². The van der Waals surface area contributed by atoms with Crippen LogP contribution >= 0.6 is 11.6 Å². The summed E-state index contributed by atoms with van der Waals surface area (Å²) in [7, 11) is -2.35. The molecular weight excluding hydrogens is 301 g/mol. The van der Waals surface area contributed by atoms with Gasteiger partial charge in [0.05, 0.1) is 10.6 Å². The zero-order chi connectivity index (χ0) is 14.8. The van der Waals surface area contributed by atoms with E-state index in [1.165, 1.54) is 43.4 Å². The van der Waals surface area contributed by atoms with Gasteiger partial charge in [-0.15, -0.1) is 11.6 Å². The first-order chi connectivity index (χ1) is 9.45. The summed E-state index contributed by atoms with van der Waals surface area (Å²) in [6, 6.07) is 11.8. The highest BCUT2D eigenvalue weighted by atomic mass is 35.5. The fourth-order valence-corrected chi connectivity index (χ4v) is 3.18. The molecule has 0 saturated heterocycles. The van der Waals surface area contributed by atoms with E-state index in [9.17, 15) is 12.8 Å². The van der Waals surface area contributed by atoms with Crippen molar-refractivity contribution in [3.05, 3.63) is 59.9 Å². The highest BCUT2D eigenvalue weighted by Crippen LogP contribution is 2.23.